The molecule has 0 saturated heterocycles. The molecule has 2 N–H and O–H groups in total. The molecule has 124 valence electrons. The number of fused-ring (bicyclic) bond motifs is 1. The van der Waals surface area contributed by atoms with Crippen LogP contribution in [0.25, 0.3) is 11.0 Å². The summed E-state index contributed by atoms with van der Waals surface area (Å²) in [5, 5.41) is 4.59. The molecule has 23 heavy (non-hydrogen) atoms. The molecule has 0 aliphatic heterocycles. The summed E-state index contributed by atoms with van der Waals surface area (Å²) in [6, 6.07) is 2.30. The number of nitrogens with one attached hydrogen (secondary N) is 2. The normalized spacial score (nSPS) is 20.4. The highest BCUT2D eigenvalue weighted by Gasteiger charge is 2.33. The molecule has 1 aliphatic carbocycles. The second-order valence-electron chi connectivity index (χ2n) is 6.94. The molecule has 1 atom stereocenters. The fourth-order valence-electron chi connectivity index (χ4n) is 3.46. The van der Waals surface area contributed by atoms with Gasteiger partial charge in [-0.25, -0.2) is 9.78 Å². The van der Waals surface area contributed by atoms with Gasteiger partial charge in [0, 0.05) is 23.8 Å². The van der Waals surface area contributed by atoms with Crippen molar-refractivity contribution in [2.24, 2.45) is 5.41 Å². The van der Waals surface area contributed by atoms with E-state index in [1.54, 1.807) is 6.20 Å². The number of hydrogen-bond acceptors (Lipinski definition) is 4. The van der Waals surface area contributed by atoms with E-state index in [4.69, 9.17) is 4.74 Å². The second-order valence-corrected chi connectivity index (χ2v) is 6.94. The molecule has 5 heteroatoms. The Morgan fingerprint density at radius 1 is 1.48 bits per heavy atom. The van der Waals surface area contributed by atoms with Crippen LogP contribution in [0, 0.1) is 5.41 Å². The lowest BCUT2D eigenvalue weighted by Crippen LogP contribution is -2.39. The summed E-state index contributed by atoms with van der Waals surface area (Å²) in [5.74, 6) is -0.320. The molecule has 0 spiro atoms. The highest BCUT2D eigenvalue weighted by atomic mass is 16.5. The molecule has 2 aromatic rings. The van der Waals surface area contributed by atoms with Gasteiger partial charge in [-0.3, -0.25) is 0 Å². The van der Waals surface area contributed by atoms with Gasteiger partial charge in [-0.15, -0.1) is 0 Å². The number of esters is 1. The molecule has 1 unspecified atom stereocenters. The Morgan fingerprint density at radius 3 is 3.04 bits per heavy atom. The van der Waals surface area contributed by atoms with E-state index < -0.39 is 0 Å². The van der Waals surface area contributed by atoms with Crippen molar-refractivity contribution < 1.29 is 9.53 Å². The number of aromatic nitrogens is 2. The fourth-order valence-corrected chi connectivity index (χ4v) is 3.46. The van der Waals surface area contributed by atoms with Crippen molar-refractivity contribution in [3.63, 3.8) is 0 Å². The highest BCUT2D eigenvalue weighted by molar-refractivity contribution is 6.04. The van der Waals surface area contributed by atoms with Crippen molar-refractivity contribution in [1.29, 1.82) is 0 Å². The van der Waals surface area contributed by atoms with E-state index in [2.05, 4.69) is 29.1 Å². The van der Waals surface area contributed by atoms with Crippen LogP contribution in [0.15, 0.2) is 18.5 Å². The second kappa shape index (κ2) is 6.22. The molecule has 5 nitrogen and oxygen atoms in total. The van der Waals surface area contributed by atoms with Crippen molar-refractivity contribution in [3.8, 4) is 0 Å². The zero-order valence-corrected chi connectivity index (χ0v) is 14.1. The standard InChI is InChI=1S/C18H25N3O2/c1-4-23-17(22)13-11-20-16-12(8-10-19-16)15(13)21-14-7-5-6-9-18(14,2)3/h8,10-11,14H,4-7,9H2,1-3H3,(H2,19,20,21). The Balaban J connectivity index is 2.01. The Hall–Kier alpha value is -2.04. The molecule has 0 aromatic carbocycles. The van der Waals surface area contributed by atoms with Gasteiger partial charge in [-0.2, -0.15) is 0 Å². The largest absolute Gasteiger partial charge is 0.462 e. The van der Waals surface area contributed by atoms with E-state index in [9.17, 15) is 4.79 Å². The molecular weight excluding hydrogens is 290 g/mol. The van der Waals surface area contributed by atoms with Crippen LogP contribution in [0.3, 0.4) is 0 Å². The first-order valence-corrected chi connectivity index (χ1v) is 8.42. The molecule has 2 heterocycles. The van der Waals surface area contributed by atoms with Crippen LogP contribution in [-0.2, 0) is 4.74 Å². The third-order valence-corrected chi connectivity index (χ3v) is 4.91. The van der Waals surface area contributed by atoms with Gasteiger partial charge in [0.2, 0.25) is 0 Å². The van der Waals surface area contributed by atoms with E-state index in [0.717, 1.165) is 23.1 Å². The zero-order chi connectivity index (χ0) is 16.4. The van der Waals surface area contributed by atoms with Crippen LogP contribution < -0.4 is 5.32 Å². The van der Waals surface area contributed by atoms with Gasteiger partial charge in [0.15, 0.2) is 0 Å². The Labute approximate surface area is 136 Å². The van der Waals surface area contributed by atoms with Crippen LogP contribution >= 0.6 is 0 Å². The van der Waals surface area contributed by atoms with Gasteiger partial charge in [0.1, 0.15) is 11.2 Å². The summed E-state index contributed by atoms with van der Waals surface area (Å²) in [6.45, 7) is 6.77. The Bertz CT molecular complexity index is 705. The summed E-state index contributed by atoms with van der Waals surface area (Å²) >= 11 is 0. The molecule has 0 amide bonds. The van der Waals surface area contributed by atoms with Gasteiger partial charge < -0.3 is 15.0 Å². The molecular formula is C18H25N3O2. The number of nitrogens with zero attached hydrogens (tertiary/aromatic N) is 1. The maximum absolute atomic E-state index is 12.3. The first-order valence-electron chi connectivity index (χ1n) is 8.42. The number of carbonyl (C=O) groups is 1. The van der Waals surface area contributed by atoms with E-state index in [1.165, 1.54) is 19.3 Å². The van der Waals surface area contributed by atoms with Gasteiger partial charge in [0.25, 0.3) is 0 Å². The maximum Gasteiger partial charge on any atom is 0.341 e. The van der Waals surface area contributed by atoms with Crippen molar-refractivity contribution >= 4 is 22.7 Å². The number of pyridine rings is 1. The number of aromatic amines is 1. The Kier molecular flexibility index (Phi) is 4.28. The summed E-state index contributed by atoms with van der Waals surface area (Å²) in [7, 11) is 0. The lowest BCUT2D eigenvalue weighted by atomic mass is 9.73. The molecule has 1 fully saturated rings. The molecule has 0 radical (unpaired) electrons. The third kappa shape index (κ3) is 3.05. The molecule has 1 saturated carbocycles. The van der Waals surface area contributed by atoms with Crippen LogP contribution in [0.2, 0.25) is 0 Å². The summed E-state index contributed by atoms with van der Waals surface area (Å²) < 4.78 is 5.21. The van der Waals surface area contributed by atoms with Crippen molar-refractivity contribution in [3.05, 3.63) is 24.0 Å². The number of rotatable bonds is 4. The predicted molar refractivity (Wildman–Crippen MR) is 91.7 cm³/mol. The average Bonchev–Trinajstić information content (AvgIpc) is 2.98. The van der Waals surface area contributed by atoms with E-state index >= 15 is 0 Å². The summed E-state index contributed by atoms with van der Waals surface area (Å²) in [4.78, 5) is 19.8. The van der Waals surface area contributed by atoms with Gasteiger partial charge in [-0.1, -0.05) is 26.7 Å². The van der Waals surface area contributed by atoms with Crippen molar-refractivity contribution in [1.82, 2.24) is 9.97 Å². The lowest BCUT2D eigenvalue weighted by molar-refractivity contribution is 0.0527. The molecule has 1 aliphatic rings. The SMILES string of the molecule is CCOC(=O)c1cnc2[nH]ccc2c1NC1CCCCC1(C)C. The average molecular weight is 315 g/mol. The summed E-state index contributed by atoms with van der Waals surface area (Å²) in [5.41, 5.74) is 2.35. The molecule has 0 bridgehead atoms. The topological polar surface area (TPSA) is 67.0 Å². The number of anilines is 1. The highest BCUT2D eigenvalue weighted by Crippen LogP contribution is 2.39. The van der Waals surface area contributed by atoms with Gasteiger partial charge in [0.05, 0.1) is 12.3 Å². The number of carbonyl (C=O) groups excluding carboxylic acids is 1. The zero-order valence-electron chi connectivity index (χ0n) is 14.1. The van der Waals surface area contributed by atoms with Crippen LogP contribution in [0.5, 0.6) is 0 Å². The minimum Gasteiger partial charge on any atom is -0.462 e. The number of H-pyrrole nitrogens is 1. The first-order chi connectivity index (χ1) is 11.0. The fraction of sp³-hybridized carbons (Fsp3) is 0.556. The Morgan fingerprint density at radius 2 is 2.30 bits per heavy atom. The smallest absolute Gasteiger partial charge is 0.341 e. The number of ether oxygens (including phenoxy) is 1. The van der Waals surface area contributed by atoms with E-state index in [-0.39, 0.29) is 11.4 Å². The summed E-state index contributed by atoms with van der Waals surface area (Å²) in [6.07, 6.45) is 8.26. The van der Waals surface area contributed by atoms with Gasteiger partial charge >= 0.3 is 5.97 Å². The number of hydrogen-bond donors (Lipinski definition) is 2. The molecule has 2 aromatic heterocycles. The monoisotopic (exact) mass is 315 g/mol. The van der Waals surface area contributed by atoms with Crippen LogP contribution in [0.4, 0.5) is 5.69 Å². The first kappa shape index (κ1) is 15.8. The third-order valence-electron chi connectivity index (χ3n) is 4.91. The van der Waals surface area contributed by atoms with Crippen molar-refractivity contribution in [2.45, 2.75) is 52.5 Å². The van der Waals surface area contributed by atoms with Crippen LogP contribution in [-0.4, -0.2) is 28.6 Å². The van der Waals surface area contributed by atoms with E-state index in [1.807, 2.05) is 19.2 Å². The quantitative estimate of drug-likeness (QED) is 0.833. The lowest BCUT2D eigenvalue weighted by Gasteiger charge is -2.40. The molecule has 3 rings (SSSR count). The van der Waals surface area contributed by atoms with Gasteiger partial charge in [-0.05, 0) is 31.2 Å². The predicted octanol–water partition coefficient (Wildman–Crippen LogP) is 4.12. The minimum atomic E-state index is -0.320. The maximum atomic E-state index is 12.3. The van der Waals surface area contributed by atoms with Crippen molar-refractivity contribution in [2.75, 3.05) is 11.9 Å². The minimum absolute atomic E-state index is 0.204. The van der Waals surface area contributed by atoms with E-state index in [0.29, 0.717) is 18.2 Å². The van der Waals surface area contributed by atoms with Crippen LogP contribution in [0.1, 0.15) is 56.8 Å².